The summed E-state index contributed by atoms with van der Waals surface area (Å²) in [6.45, 7) is 3.69. The Bertz CT molecular complexity index is 316. The summed E-state index contributed by atoms with van der Waals surface area (Å²) in [6.07, 6.45) is -1.37. The zero-order chi connectivity index (χ0) is 13.1. The summed E-state index contributed by atoms with van der Waals surface area (Å²) in [5.41, 5.74) is -0.197. The van der Waals surface area contributed by atoms with E-state index in [9.17, 15) is 10.2 Å². The number of aliphatic hydroxyl groups is 2. The molecule has 6 nitrogen and oxygen atoms in total. The number of nitrogens with one attached hydrogen (secondary N) is 2. The standard InChI is InChI=1S/C11H21N3O3S/c1-3-13-5-4-6-8(15)9(16)7-10(17-6)18-11(12-2)14-7/h6-10,13,15-16H,3-5H2,1-2H3,(H,12,14)/t6-,7+,8-,9-,10+/m1/s1. The van der Waals surface area contributed by atoms with E-state index in [1.54, 1.807) is 7.05 Å². The predicted molar refractivity (Wildman–Crippen MR) is 71.7 cm³/mol. The van der Waals surface area contributed by atoms with Crippen molar-refractivity contribution in [2.45, 2.75) is 43.1 Å². The summed E-state index contributed by atoms with van der Waals surface area (Å²) in [4.78, 5) is 4.31. The van der Waals surface area contributed by atoms with E-state index in [1.807, 2.05) is 6.92 Å². The molecule has 2 aliphatic rings. The summed E-state index contributed by atoms with van der Waals surface area (Å²) in [7, 11) is 1.79. The molecule has 5 atom stereocenters. The maximum absolute atomic E-state index is 10.1. The summed E-state index contributed by atoms with van der Waals surface area (Å²) < 4.78 is 5.83. The van der Waals surface area contributed by atoms with Crippen LogP contribution in [0.25, 0.3) is 0 Å². The molecule has 0 spiro atoms. The van der Waals surface area contributed by atoms with E-state index in [0.717, 1.165) is 18.3 Å². The molecule has 0 unspecified atom stereocenters. The van der Waals surface area contributed by atoms with Crippen LogP contribution in [0.5, 0.6) is 0 Å². The fraction of sp³-hybridized carbons (Fsp3) is 0.909. The Kier molecular flexibility index (Phi) is 4.85. The van der Waals surface area contributed by atoms with Crippen LogP contribution >= 0.6 is 11.8 Å². The third-order valence-corrected chi connectivity index (χ3v) is 4.39. The molecule has 1 fully saturated rings. The van der Waals surface area contributed by atoms with Gasteiger partial charge in [0.25, 0.3) is 0 Å². The lowest BCUT2D eigenvalue weighted by molar-refractivity contribution is -0.154. The van der Waals surface area contributed by atoms with E-state index >= 15 is 0 Å². The quantitative estimate of drug-likeness (QED) is 0.499. The molecule has 0 aliphatic carbocycles. The second-order valence-corrected chi connectivity index (χ2v) is 5.55. The summed E-state index contributed by atoms with van der Waals surface area (Å²) >= 11 is 1.47. The number of thioether (sulfide) groups is 1. The van der Waals surface area contributed by atoms with Crippen LogP contribution in [-0.2, 0) is 4.74 Å². The number of rotatable bonds is 4. The Morgan fingerprint density at radius 3 is 2.83 bits per heavy atom. The molecule has 7 heteroatoms. The highest BCUT2D eigenvalue weighted by molar-refractivity contribution is 8.14. The van der Waals surface area contributed by atoms with Gasteiger partial charge in [-0.15, -0.1) is 0 Å². The van der Waals surface area contributed by atoms with Crippen LogP contribution < -0.4 is 10.6 Å². The van der Waals surface area contributed by atoms with Gasteiger partial charge in [0, 0.05) is 7.05 Å². The summed E-state index contributed by atoms with van der Waals surface area (Å²) in [5.74, 6) is 0. The van der Waals surface area contributed by atoms with Gasteiger partial charge >= 0.3 is 0 Å². The highest BCUT2D eigenvalue weighted by atomic mass is 32.2. The van der Waals surface area contributed by atoms with Crippen molar-refractivity contribution < 1.29 is 14.9 Å². The van der Waals surface area contributed by atoms with Gasteiger partial charge in [-0.25, -0.2) is 0 Å². The zero-order valence-electron chi connectivity index (χ0n) is 10.7. The molecule has 0 saturated carbocycles. The fourth-order valence-corrected chi connectivity index (χ4v) is 3.29. The molecule has 0 aromatic heterocycles. The van der Waals surface area contributed by atoms with E-state index in [1.165, 1.54) is 11.8 Å². The molecule has 4 N–H and O–H groups in total. The molecule has 0 bridgehead atoms. The molecule has 2 heterocycles. The molecule has 0 radical (unpaired) electrons. The largest absolute Gasteiger partial charge is 0.388 e. The van der Waals surface area contributed by atoms with Crippen LogP contribution in [0, 0.1) is 0 Å². The van der Waals surface area contributed by atoms with Crippen molar-refractivity contribution in [2.24, 2.45) is 4.99 Å². The van der Waals surface area contributed by atoms with Crippen LogP contribution in [0.15, 0.2) is 4.99 Å². The Morgan fingerprint density at radius 2 is 2.17 bits per heavy atom. The maximum Gasteiger partial charge on any atom is 0.159 e. The first-order valence-electron chi connectivity index (χ1n) is 6.32. The van der Waals surface area contributed by atoms with Crippen LogP contribution in [0.2, 0.25) is 0 Å². The van der Waals surface area contributed by atoms with Crippen molar-refractivity contribution in [1.29, 1.82) is 0 Å². The van der Waals surface area contributed by atoms with Crippen molar-refractivity contribution in [3.05, 3.63) is 0 Å². The molecule has 0 amide bonds. The van der Waals surface area contributed by atoms with Gasteiger partial charge in [0.05, 0.1) is 6.10 Å². The SMILES string of the molecule is CCNCC[C@H]1O[C@H]2SC(NC)=N[C@H]2[C@@H](O)[C@@H]1O. The van der Waals surface area contributed by atoms with Gasteiger partial charge in [-0.05, 0) is 19.5 Å². The second kappa shape index (κ2) is 6.21. The van der Waals surface area contributed by atoms with Crippen LogP contribution in [0.1, 0.15) is 13.3 Å². The van der Waals surface area contributed by atoms with Gasteiger partial charge in [0.15, 0.2) is 5.17 Å². The smallest absolute Gasteiger partial charge is 0.159 e. The maximum atomic E-state index is 10.1. The van der Waals surface area contributed by atoms with E-state index in [0.29, 0.717) is 6.42 Å². The lowest BCUT2D eigenvalue weighted by atomic mass is 9.96. The molecular weight excluding hydrogens is 254 g/mol. The Morgan fingerprint density at radius 1 is 1.39 bits per heavy atom. The van der Waals surface area contributed by atoms with Crippen molar-refractivity contribution in [3.8, 4) is 0 Å². The molecule has 0 aromatic rings. The van der Waals surface area contributed by atoms with E-state index in [2.05, 4.69) is 15.6 Å². The number of fused-ring (bicyclic) bond motifs is 1. The van der Waals surface area contributed by atoms with Crippen molar-refractivity contribution in [2.75, 3.05) is 20.1 Å². The number of nitrogens with zero attached hydrogens (tertiary/aromatic N) is 1. The van der Waals surface area contributed by atoms with Crippen molar-refractivity contribution in [1.82, 2.24) is 10.6 Å². The van der Waals surface area contributed by atoms with Crippen molar-refractivity contribution in [3.63, 3.8) is 0 Å². The lowest BCUT2D eigenvalue weighted by Gasteiger charge is -2.38. The third-order valence-electron chi connectivity index (χ3n) is 3.23. The van der Waals surface area contributed by atoms with E-state index in [-0.39, 0.29) is 17.6 Å². The van der Waals surface area contributed by atoms with Gasteiger partial charge in [-0.1, -0.05) is 18.7 Å². The van der Waals surface area contributed by atoms with Crippen molar-refractivity contribution >= 4 is 16.9 Å². The number of hydrogen-bond donors (Lipinski definition) is 4. The first-order valence-corrected chi connectivity index (χ1v) is 7.19. The monoisotopic (exact) mass is 275 g/mol. The average Bonchev–Trinajstić information content (AvgIpc) is 2.79. The number of aliphatic imine (C=N–C) groups is 1. The Balaban J connectivity index is 1.95. The lowest BCUT2D eigenvalue weighted by Crippen LogP contribution is -2.55. The van der Waals surface area contributed by atoms with Gasteiger partial charge in [0.2, 0.25) is 0 Å². The molecule has 104 valence electrons. The number of hydrogen-bond acceptors (Lipinski definition) is 7. The first kappa shape index (κ1) is 14.1. The second-order valence-electron chi connectivity index (χ2n) is 4.46. The number of ether oxygens (including phenoxy) is 1. The molecule has 2 rings (SSSR count). The highest BCUT2D eigenvalue weighted by Crippen LogP contribution is 2.36. The molecule has 18 heavy (non-hydrogen) atoms. The zero-order valence-corrected chi connectivity index (χ0v) is 11.5. The fourth-order valence-electron chi connectivity index (χ4n) is 2.21. The number of amidine groups is 1. The normalized spacial score (nSPS) is 39.3. The summed E-state index contributed by atoms with van der Waals surface area (Å²) in [6, 6.07) is -0.372. The summed E-state index contributed by atoms with van der Waals surface area (Å²) in [5, 5.41) is 27.0. The third kappa shape index (κ3) is 2.80. The van der Waals surface area contributed by atoms with Crippen LogP contribution in [-0.4, -0.2) is 65.3 Å². The van der Waals surface area contributed by atoms with Gasteiger partial charge < -0.3 is 25.6 Å². The Labute approximate surface area is 111 Å². The topological polar surface area (TPSA) is 86.1 Å². The molecule has 2 aliphatic heterocycles. The van der Waals surface area contributed by atoms with E-state index in [4.69, 9.17) is 4.74 Å². The van der Waals surface area contributed by atoms with Crippen LogP contribution in [0.3, 0.4) is 0 Å². The minimum atomic E-state index is -0.870. The minimum absolute atomic E-state index is 0.197. The van der Waals surface area contributed by atoms with E-state index < -0.39 is 12.2 Å². The molecular formula is C11H21N3O3S. The Hall–Kier alpha value is -0.340. The first-order chi connectivity index (χ1) is 8.67. The molecule has 0 aromatic carbocycles. The predicted octanol–water partition coefficient (Wildman–Crippen LogP) is -0.876. The highest BCUT2D eigenvalue weighted by Gasteiger charge is 2.47. The minimum Gasteiger partial charge on any atom is -0.388 e. The average molecular weight is 275 g/mol. The van der Waals surface area contributed by atoms with Gasteiger partial charge in [0.1, 0.15) is 23.7 Å². The van der Waals surface area contributed by atoms with Gasteiger partial charge in [-0.3, -0.25) is 4.99 Å². The van der Waals surface area contributed by atoms with Crippen LogP contribution in [0.4, 0.5) is 0 Å². The number of aliphatic hydroxyl groups excluding tert-OH is 2. The molecule has 1 saturated heterocycles. The van der Waals surface area contributed by atoms with Gasteiger partial charge in [-0.2, -0.15) is 0 Å².